The maximum atomic E-state index is 11.2. The summed E-state index contributed by atoms with van der Waals surface area (Å²) in [6, 6.07) is 67.7. The number of aryl methyl sites for hydroxylation is 18. The summed E-state index contributed by atoms with van der Waals surface area (Å²) in [5, 5.41) is 33.6. The molecule has 390 valence electrons. The van der Waals surface area contributed by atoms with Crippen LogP contribution in [0.3, 0.4) is 0 Å². The first kappa shape index (κ1) is 50.4. The van der Waals surface area contributed by atoms with Crippen molar-refractivity contribution in [2.45, 2.75) is 134 Å². The Morgan fingerprint density at radius 1 is 0.167 bits per heavy atom. The first-order valence-electron chi connectivity index (χ1n) is 29.3. The number of aliphatic hydroxyl groups excluding tert-OH is 3. The van der Waals surface area contributed by atoms with Gasteiger partial charge in [0.25, 0.3) is 0 Å². The molecule has 0 heterocycles. The minimum Gasteiger partial charge on any atom is -0.384 e. The van der Waals surface area contributed by atoms with Crippen molar-refractivity contribution >= 4 is 0 Å². The van der Waals surface area contributed by atoms with Crippen LogP contribution in [0.5, 0.6) is 0 Å². The van der Waals surface area contributed by atoms with E-state index in [2.05, 4.69) is 182 Å². The fraction of sp³-hybridized carbons (Fsp3) is 0.280. The monoisotopic (exact) mass is 1020 g/mol. The van der Waals surface area contributed by atoms with Gasteiger partial charge in [0.2, 0.25) is 0 Å². The standard InChI is InChI=1S/3C25H24O/c3*26-25-23-15-19-7-5-17-1-2-18(4-3-17)6-8-20-10-12-22(24(25)16-20)14-13-21(23)11-9-19/h3*1-4,9-12,15-16,25-26H,5-8,13-14H2. The van der Waals surface area contributed by atoms with Crippen molar-refractivity contribution in [3.05, 3.63) is 316 Å². The van der Waals surface area contributed by atoms with Crippen LogP contribution in [0.25, 0.3) is 0 Å². The highest BCUT2D eigenvalue weighted by atomic mass is 16.3. The molecular formula is C75H72O3. The third kappa shape index (κ3) is 11.0. The van der Waals surface area contributed by atoms with E-state index in [4.69, 9.17) is 0 Å². The zero-order chi connectivity index (χ0) is 52.5. The average molecular weight is 1020 g/mol. The molecule has 0 amide bonds. The molecule has 0 aromatic heterocycles. The van der Waals surface area contributed by atoms with Gasteiger partial charge in [0.05, 0.1) is 0 Å². The molecule has 0 atom stereocenters. The number of hydrogen-bond acceptors (Lipinski definition) is 3. The average Bonchev–Trinajstić information content (AvgIpc) is 3.88. The SMILES string of the molecule is OC1c2cc3ccc2CCc2ccc(cc21)CCc1ccc(cc1)CC3.OC1c2cc3ccc2CCc2ccc(cc21)CCc1ccc(cc1)CC3.OC1c2cc3ccc2CCc2ccc(cc21)CCc1ccc(cc1)CC3. The highest BCUT2D eigenvalue weighted by molar-refractivity contribution is 5.50. The number of hydrogen-bond donors (Lipinski definition) is 3. The Balaban J connectivity index is 0.000000111. The number of benzene rings is 9. The lowest BCUT2D eigenvalue weighted by molar-refractivity contribution is 0.219. The number of aliphatic hydroxyl groups is 3. The summed E-state index contributed by atoms with van der Waals surface area (Å²) in [7, 11) is 0. The van der Waals surface area contributed by atoms with E-state index in [1.165, 1.54) is 100 Å². The summed E-state index contributed by atoms with van der Waals surface area (Å²) in [5.41, 5.74) is 30.7. The summed E-state index contributed by atoms with van der Waals surface area (Å²) in [4.78, 5) is 0. The molecule has 9 aromatic carbocycles. The Labute approximate surface area is 462 Å². The largest absolute Gasteiger partial charge is 0.384 e. The minimum absolute atomic E-state index is 0.499. The molecule has 0 radical (unpaired) electrons. The van der Waals surface area contributed by atoms with Crippen LogP contribution in [0.4, 0.5) is 0 Å². The van der Waals surface area contributed by atoms with Crippen molar-refractivity contribution in [3.63, 3.8) is 0 Å². The van der Waals surface area contributed by atoms with Crippen molar-refractivity contribution in [3.8, 4) is 0 Å². The molecule has 0 fully saturated rings. The van der Waals surface area contributed by atoms with Gasteiger partial charge in [-0.15, -0.1) is 0 Å². The van der Waals surface area contributed by atoms with Gasteiger partial charge in [0, 0.05) is 0 Å². The summed E-state index contributed by atoms with van der Waals surface area (Å²) in [6.45, 7) is 0. The summed E-state index contributed by atoms with van der Waals surface area (Å²) < 4.78 is 0. The third-order valence-electron chi connectivity index (χ3n) is 18.3. The van der Waals surface area contributed by atoms with E-state index < -0.39 is 18.3 Å². The lowest BCUT2D eigenvalue weighted by atomic mass is 9.92. The van der Waals surface area contributed by atoms with Gasteiger partial charge in [-0.3, -0.25) is 0 Å². The summed E-state index contributed by atoms with van der Waals surface area (Å²) >= 11 is 0. The molecule has 18 bridgehead atoms. The van der Waals surface area contributed by atoms with Crippen LogP contribution in [0.15, 0.2) is 182 Å². The Morgan fingerprint density at radius 3 is 0.449 bits per heavy atom. The smallest absolute Gasteiger partial charge is 0.105 e. The fourth-order valence-corrected chi connectivity index (χ4v) is 13.4. The molecule has 9 aliphatic rings. The second-order valence-corrected chi connectivity index (χ2v) is 23.4. The van der Waals surface area contributed by atoms with Crippen molar-refractivity contribution in [2.24, 2.45) is 0 Å². The number of rotatable bonds is 0. The fourth-order valence-electron chi connectivity index (χ4n) is 13.4. The number of fused-ring (bicyclic) bond motifs is 12. The zero-order valence-electron chi connectivity index (χ0n) is 45.1. The van der Waals surface area contributed by atoms with Crippen LogP contribution in [-0.4, -0.2) is 15.3 Å². The van der Waals surface area contributed by atoms with Gasteiger partial charge in [0.1, 0.15) is 18.3 Å². The second kappa shape index (κ2) is 22.3. The highest BCUT2D eigenvalue weighted by Gasteiger charge is 2.26. The maximum Gasteiger partial charge on any atom is 0.105 e. The Kier molecular flexibility index (Phi) is 14.4. The van der Waals surface area contributed by atoms with Crippen LogP contribution in [-0.2, 0) is 116 Å². The van der Waals surface area contributed by atoms with Crippen LogP contribution in [0.2, 0.25) is 0 Å². The predicted molar refractivity (Wildman–Crippen MR) is 317 cm³/mol. The van der Waals surface area contributed by atoms with Gasteiger partial charge >= 0.3 is 0 Å². The van der Waals surface area contributed by atoms with Gasteiger partial charge in [-0.05, 0) is 249 Å². The van der Waals surface area contributed by atoms with Gasteiger partial charge in [0.15, 0.2) is 0 Å². The van der Waals surface area contributed by atoms with Crippen molar-refractivity contribution in [1.29, 1.82) is 0 Å². The minimum atomic E-state index is -0.499. The first-order valence-corrected chi connectivity index (χ1v) is 29.3. The van der Waals surface area contributed by atoms with Crippen LogP contribution >= 0.6 is 0 Å². The molecule has 0 saturated heterocycles. The van der Waals surface area contributed by atoms with E-state index in [1.54, 1.807) is 0 Å². The quantitative estimate of drug-likeness (QED) is 0.142. The summed E-state index contributed by atoms with van der Waals surface area (Å²) in [6.07, 6.45) is 17.0. The molecule has 0 saturated carbocycles. The topological polar surface area (TPSA) is 60.7 Å². The lowest BCUT2D eigenvalue weighted by Crippen LogP contribution is -2.05. The molecular weight excluding hydrogens is 949 g/mol. The van der Waals surface area contributed by atoms with Crippen LogP contribution in [0, 0.1) is 0 Å². The van der Waals surface area contributed by atoms with E-state index in [-0.39, 0.29) is 0 Å². The van der Waals surface area contributed by atoms with Crippen LogP contribution < -0.4 is 0 Å². The molecule has 0 unspecified atom stereocenters. The van der Waals surface area contributed by atoms with E-state index in [9.17, 15) is 15.3 Å². The van der Waals surface area contributed by atoms with Gasteiger partial charge in [-0.1, -0.05) is 182 Å². The summed E-state index contributed by atoms with van der Waals surface area (Å²) in [5.74, 6) is 0. The molecule has 18 rings (SSSR count). The molecule has 78 heavy (non-hydrogen) atoms. The first-order chi connectivity index (χ1) is 38.3. The van der Waals surface area contributed by atoms with E-state index in [1.807, 2.05) is 0 Å². The van der Waals surface area contributed by atoms with E-state index >= 15 is 0 Å². The van der Waals surface area contributed by atoms with Gasteiger partial charge < -0.3 is 15.3 Å². The van der Waals surface area contributed by atoms with Crippen molar-refractivity contribution in [2.75, 3.05) is 0 Å². The van der Waals surface area contributed by atoms with Gasteiger partial charge in [-0.2, -0.15) is 0 Å². The van der Waals surface area contributed by atoms with Crippen LogP contribution in [0.1, 0.15) is 152 Å². The maximum absolute atomic E-state index is 11.2. The van der Waals surface area contributed by atoms with Crippen molar-refractivity contribution < 1.29 is 15.3 Å². The Morgan fingerprint density at radius 2 is 0.295 bits per heavy atom. The zero-order valence-corrected chi connectivity index (χ0v) is 45.1. The van der Waals surface area contributed by atoms with E-state index in [0.29, 0.717) is 0 Å². The Bertz CT molecular complexity index is 3000. The second-order valence-electron chi connectivity index (χ2n) is 23.4. The molecule has 3 N–H and O–H groups in total. The van der Waals surface area contributed by atoms with Gasteiger partial charge in [-0.25, -0.2) is 0 Å². The third-order valence-corrected chi connectivity index (χ3v) is 18.3. The molecule has 0 aliphatic heterocycles. The van der Waals surface area contributed by atoms with E-state index in [0.717, 1.165) is 149 Å². The molecule has 9 aromatic rings. The molecule has 3 nitrogen and oxygen atoms in total. The molecule has 0 spiro atoms. The molecule has 9 aliphatic carbocycles. The lowest BCUT2D eigenvalue weighted by Gasteiger charge is -2.17. The molecule has 3 heteroatoms. The predicted octanol–water partition coefficient (Wildman–Crippen LogP) is 14.3. The highest BCUT2D eigenvalue weighted by Crippen LogP contribution is 2.38. The van der Waals surface area contributed by atoms with Crippen molar-refractivity contribution in [1.82, 2.24) is 0 Å². The normalized spacial score (nSPS) is 16.3. The Hall–Kier alpha value is -7.14.